The number of anilines is 1. The van der Waals surface area contributed by atoms with Gasteiger partial charge in [-0.15, -0.1) is 0 Å². The van der Waals surface area contributed by atoms with Gasteiger partial charge in [0.05, 0.1) is 0 Å². The van der Waals surface area contributed by atoms with Crippen LogP contribution in [0, 0.1) is 11.6 Å². The van der Waals surface area contributed by atoms with Crippen LogP contribution in [0.4, 0.5) is 27.6 Å². The molecule has 0 N–H and O–H groups in total. The molecular formula is C23H20ClF5N2O. The molecule has 1 saturated heterocycles. The molecule has 0 bridgehead atoms. The first-order chi connectivity index (χ1) is 15.2. The molecule has 0 aliphatic carbocycles. The fourth-order valence-electron chi connectivity index (χ4n) is 4.64. The van der Waals surface area contributed by atoms with Crippen LogP contribution in [0.3, 0.4) is 0 Å². The van der Waals surface area contributed by atoms with Crippen molar-refractivity contribution in [2.24, 2.45) is 0 Å². The molecule has 0 saturated carbocycles. The molecule has 0 radical (unpaired) electrons. The molecule has 0 unspecified atom stereocenters. The monoisotopic (exact) mass is 470 g/mol. The third-order valence-corrected chi connectivity index (χ3v) is 6.60. The quantitative estimate of drug-likeness (QED) is 0.506. The van der Waals surface area contributed by atoms with Gasteiger partial charge in [-0.25, -0.2) is 13.2 Å². The van der Waals surface area contributed by atoms with Crippen LogP contribution in [0.1, 0.15) is 35.2 Å². The second-order valence-corrected chi connectivity index (χ2v) is 8.62. The van der Waals surface area contributed by atoms with E-state index in [0.717, 1.165) is 17.7 Å². The fraction of sp³-hybridized carbons (Fsp3) is 0.348. The van der Waals surface area contributed by atoms with Gasteiger partial charge in [-0.2, -0.15) is 8.78 Å². The zero-order valence-corrected chi connectivity index (χ0v) is 17.7. The van der Waals surface area contributed by atoms with Crippen molar-refractivity contribution in [3.63, 3.8) is 0 Å². The van der Waals surface area contributed by atoms with Crippen molar-refractivity contribution in [3.05, 3.63) is 76.1 Å². The minimum absolute atomic E-state index is 0.157. The highest BCUT2D eigenvalue weighted by atomic mass is 35.5. The van der Waals surface area contributed by atoms with Gasteiger partial charge in [0.15, 0.2) is 5.83 Å². The first kappa shape index (κ1) is 22.7. The molecule has 9 heteroatoms. The molecule has 1 fully saturated rings. The van der Waals surface area contributed by atoms with Gasteiger partial charge >= 0.3 is 6.08 Å². The predicted octanol–water partition coefficient (Wildman–Crippen LogP) is 6.08. The maximum Gasteiger partial charge on any atom is 0.301 e. The van der Waals surface area contributed by atoms with E-state index in [0.29, 0.717) is 36.6 Å². The number of fused-ring (bicyclic) bond motifs is 2. The average molecular weight is 471 g/mol. The van der Waals surface area contributed by atoms with Crippen molar-refractivity contribution in [2.45, 2.75) is 24.7 Å². The van der Waals surface area contributed by atoms with E-state index < -0.39 is 40.4 Å². The topological polar surface area (TPSA) is 23.6 Å². The molecule has 4 rings (SSSR count). The summed E-state index contributed by atoms with van der Waals surface area (Å²) in [5.41, 5.74) is 0.256. The Bertz CT molecular complexity index is 1060. The Morgan fingerprint density at radius 3 is 2.31 bits per heavy atom. The minimum atomic E-state index is -2.30. The highest BCUT2D eigenvalue weighted by molar-refractivity contribution is 6.30. The summed E-state index contributed by atoms with van der Waals surface area (Å²) in [5.74, 6) is -4.05. The molecule has 2 aliphatic heterocycles. The lowest BCUT2D eigenvalue weighted by Gasteiger charge is -2.40. The number of halogens is 6. The Hall–Kier alpha value is -2.45. The highest BCUT2D eigenvalue weighted by Gasteiger charge is 2.47. The van der Waals surface area contributed by atoms with E-state index in [2.05, 4.69) is 0 Å². The van der Waals surface area contributed by atoms with E-state index in [1.54, 1.807) is 18.2 Å². The number of amides is 1. The van der Waals surface area contributed by atoms with Crippen molar-refractivity contribution >= 4 is 23.2 Å². The number of hydrogen-bond donors (Lipinski definition) is 0. The normalized spacial score (nSPS) is 17.5. The molecule has 3 nitrogen and oxygen atoms in total. The molecule has 32 heavy (non-hydrogen) atoms. The number of carbonyl (C=O) groups is 1. The zero-order valence-electron chi connectivity index (χ0n) is 17.0. The summed E-state index contributed by atoms with van der Waals surface area (Å²) in [6.45, 7) is 1.38. The van der Waals surface area contributed by atoms with Crippen molar-refractivity contribution in [2.75, 3.05) is 31.1 Å². The largest absolute Gasteiger partial charge is 0.307 e. The van der Waals surface area contributed by atoms with Gasteiger partial charge in [0.1, 0.15) is 17.2 Å². The van der Waals surface area contributed by atoms with E-state index >= 15 is 0 Å². The number of piperidine rings is 1. The maximum absolute atomic E-state index is 14.3. The van der Waals surface area contributed by atoms with E-state index in [-0.39, 0.29) is 19.5 Å². The summed E-state index contributed by atoms with van der Waals surface area (Å²) in [6, 6.07) is 8.32. The molecule has 2 heterocycles. The second-order valence-electron chi connectivity index (χ2n) is 8.19. The van der Waals surface area contributed by atoms with Crippen LogP contribution in [0.5, 0.6) is 0 Å². The number of carbonyl (C=O) groups excluding carboxylic acids is 1. The molecule has 170 valence electrons. The van der Waals surface area contributed by atoms with Gasteiger partial charge in [0.2, 0.25) is 0 Å². The molecule has 0 atom stereocenters. The summed E-state index contributed by atoms with van der Waals surface area (Å²) in [6.07, 6.45) is -1.54. The Labute approximate surface area is 187 Å². The van der Waals surface area contributed by atoms with Crippen molar-refractivity contribution in [3.8, 4) is 0 Å². The van der Waals surface area contributed by atoms with E-state index in [1.165, 1.54) is 11.0 Å². The number of benzene rings is 2. The Morgan fingerprint density at radius 2 is 1.69 bits per heavy atom. The molecule has 2 aromatic rings. The van der Waals surface area contributed by atoms with Crippen LogP contribution >= 0.6 is 11.6 Å². The van der Waals surface area contributed by atoms with Crippen LogP contribution in [-0.2, 0) is 5.41 Å². The second kappa shape index (κ2) is 8.83. The zero-order chi connectivity index (χ0) is 23.0. The van der Waals surface area contributed by atoms with Crippen LogP contribution in [0.2, 0.25) is 5.02 Å². The number of nitrogens with zero attached hydrogens (tertiary/aromatic N) is 2. The Balaban J connectivity index is 1.59. The van der Waals surface area contributed by atoms with E-state index in [4.69, 9.17) is 11.6 Å². The Morgan fingerprint density at radius 1 is 1.03 bits per heavy atom. The summed E-state index contributed by atoms with van der Waals surface area (Å²) >= 11 is 6.21. The van der Waals surface area contributed by atoms with Crippen LogP contribution in [-0.4, -0.2) is 37.0 Å². The summed E-state index contributed by atoms with van der Waals surface area (Å²) in [4.78, 5) is 16.4. The standard InChI is InChI=1S/C23H20ClF5N2O/c24-14-4-5-19-15(12-14)23(7-10-30(11-8-23)9-6-18(27)21(28)29)13-31(19)22(32)20-16(25)2-1-3-17(20)26/h1-5,12H,6-11,13H2. The number of likely N-dealkylation sites (tertiary alicyclic amines) is 1. The highest BCUT2D eigenvalue weighted by Crippen LogP contribution is 2.48. The van der Waals surface area contributed by atoms with Crippen molar-refractivity contribution in [1.82, 2.24) is 4.90 Å². The third-order valence-electron chi connectivity index (χ3n) is 6.37. The van der Waals surface area contributed by atoms with Gasteiger partial charge in [0.25, 0.3) is 5.91 Å². The molecule has 1 amide bonds. The summed E-state index contributed by atoms with van der Waals surface area (Å²) < 4.78 is 66.4. The van der Waals surface area contributed by atoms with Crippen molar-refractivity contribution < 1.29 is 26.7 Å². The van der Waals surface area contributed by atoms with Crippen molar-refractivity contribution in [1.29, 1.82) is 0 Å². The average Bonchev–Trinajstić information content (AvgIpc) is 3.06. The summed E-state index contributed by atoms with van der Waals surface area (Å²) in [7, 11) is 0. The SMILES string of the molecule is O=C(c1c(F)cccc1F)N1CC2(CCN(CCC(F)=C(F)F)CC2)c2cc(Cl)ccc21. The first-order valence-corrected chi connectivity index (χ1v) is 10.6. The lowest BCUT2D eigenvalue weighted by Crippen LogP contribution is -2.46. The van der Waals surface area contributed by atoms with Crippen LogP contribution < -0.4 is 4.90 Å². The van der Waals surface area contributed by atoms with Crippen LogP contribution in [0.15, 0.2) is 48.3 Å². The van der Waals surface area contributed by atoms with Crippen LogP contribution in [0.25, 0.3) is 0 Å². The van der Waals surface area contributed by atoms with E-state index in [9.17, 15) is 26.7 Å². The molecule has 1 spiro atoms. The number of hydrogen-bond acceptors (Lipinski definition) is 2. The Kier molecular flexibility index (Phi) is 6.27. The fourth-order valence-corrected chi connectivity index (χ4v) is 4.81. The van der Waals surface area contributed by atoms with Gasteiger partial charge in [-0.1, -0.05) is 17.7 Å². The first-order valence-electron chi connectivity index (χ1n) is 10.2. The molecular weight excluding hydrogens is 451 g/mol. The number of rotatable bonds is 4. The van der Waals surface area contributed by atoms with Gasteiger partial charge in [-0.3, -0.25) is 4.79 Å². The van der Waals surface area contributed by atoms with E-state index in [1.807, 2.05) is 4.90 Å². The van der Waals surface area contributed by atoms with Gasteiger partial charge < -0.3 is 9.80 Å². The predicted molar refractivity (Wildman–Crippen MR) is 112 cm³/mol. The molecule has 0 aromatic heterocycles. The maximum atomic E-state index is 14.3. The summed E-state index contributed by atoms with van der Waals surface area (Å²) in [5, 5.41) is 0.475. The third kappa shape index (κ3) is 4.13. The molecule has 2 aromatic carbocycles. The lowest BCUT2D eigenvalue weighted by atomic mass is 9.74. The smallest absolute Gasteiger partial charge is 0.301 e. The van der Waals surface area contributed by atoms with Gasteiger partial charge in [-0.05, 0) is 61.8 Å². The molecule has 2 aliphatic rings. The van der Waals surface area contributed by atoms with Gasteiger partial charge in [0, 0.05) is 35.6 Å². The lowest BCUT2D eigenvalue weighted by molar-refractivity contribution is 0.0968. The minimum Gasteiger partial charge on any atom is -0.307 e.